The minimum absolute atomic E-state index is 0.150. The summed E-state index contributed by atoms with van der Waals surface area (Å²) in [5.41, 5.74) is 2.10. The second-order valence-corrected chi connectivity index (χ2v) is 7.72. The second kappa shape index (κ2) is 7.34. The summed E-state index contributed by atoms with van der Waals surface area (Å²) >= 11 is 6.09. The molecule has 0 unspecified atom stereocenters. The molecule has 1 aliphatic heterocycles. The van der Waals surface area contributed by atoms with Gasteiger partial charge in [-0.3, -0.25) is 10.1 Å². The van der Waals surface area contributed by atoms with Crippen LogP contribution in [0, 0.1) is 5.92 Å². The zero-order chi connectivity index (χ0) is 20.7. The van der Waals surface area contributed by atoms with Gasteiger partial charge in [0.25, 0.3) is 5.91 Å². The monoisotopic (exact) mass is 423 g/mol. The number of carbonyl (C=O) groups excluding carboxylic acids is 2. The largest absolute Gasteiger partial charge is 0.370 e. The van der Waals surface area contributed by atoms with E-state index in [2.05, 4.69) is 31.3 Å². The summed E-state index contributed by atoms with van der Waals surface area (Å²) in [5.74, 6) is 1.57. The number of carbonyl (C=O) groups is 2. The van der Waals surface area contributed by atoms with Crippen molar-refractivity contribution >= 4 is 52.6 Å². The molecular weight excluding hydrogens is 406 g/mol. The van der Waals surface area contributed by atoms with Gasteiger partial charge in [-0.15, -0.1) is 0 Å². The Labute approximate surface area is 176 Å². The van der Waals surface area contributed by atoms with Crippen LogP contribution in [0.3, 0.4) is 0 Å². The van der Waals surface area contributed by atoms with E-state index in [-0.39, 0.29) is 5.70 Å². The van der Waals surface area contributed by atoms with E-state index in [9.17, 15) is 9.59 Å². The van der Waals surface area contributed by atoms with Crippen molar-refractivity contribution in [3.05, 3.63) is 52.8 Å². The molecular formula is C20H18ClN7O2. The van der Waals surface area contributed by atoms with Crippen LogP contribution in [0.1, 0.15) is 18.4 Å². The van der Waals surface area contributed by atoms with Crippen molar-refractivity contribution in [2.75, 3.05) is 17.2 Å². The van der Waals surface area contributed by atoms with Crippen molar-refractivity contribution in [2.45, 2.75) is 12.8 Å². The van der Waals surface area contributed by atoms with Gasteiger partial charge in [-0.1, -0.05) is 17.7 Å². The van der Waals surface area contributed by atoms with E-state index in [1.54, 1.807) is 22.9 Å². The average Bonchev–Trinajstić information content (AvgIpc) is 3.37. The van der Waals surface area contributed by atoms with Crippen LogP contribution in [-0.4, -0.2) is 33.1 Å². The number of anilines is 3. The number of amides is 3. The Hall–Kier alpha value is -3.59. The number of nitrogens with zero attached hydrogens (tertiary/aromatic N) is 3. The lowest BCUT2D eigenvalue weighted by Crippen LogP contribution is -2.22. The van der Waals surface area contributed by atoms with Gasteiger partial charge in [-0.25, -0.2) is 9.78 Å². The molecule has 152 valence electrons. The van der Waals surface area contributed by atoms with Crippen molar-refractivity contribution in [2.24, 2.45) is 5.92 Å². The Morgan fingerprint density at radius 3 is 2.83 bits per heavy atom. The van der Waals surface area contributed by atoms with E-state index in [0.29, 0.717) is 28.0 Å². The molecule has 1 aromatic carbocycles. The summed E-state index contributed by atoms with van der Waals surface area (Å²) in [6, 6.07) is 8.68. The van der Waals surface area contributed by atoms with Gasteiger partial charge in [0.2, 0.25) is 0 Å². The van der Waals surface area contributed by atoms with Crippen LogP contribution < -0.4 is 21.3 Å². The van der Waals surface area contributed by atoms with Gasteiger partial charge < -0.3 is 16.0 Å². The van der Waals surface area contributed by atoms with Crippen LogP contribution in [0.4, 0.5) is 22.1 Å². The Balaban J connectivity index is 1.55. The van der Waals surface area contributed by atoms with Gasteiger partial charge in [-0.2, -0.15) is 9.61 Å². The molecule has 1 saturated heterocycles. The zero-order valence-corrected chi connectivity index (χ0v) is 16.5. The Kier molecular flexibility index (Phi) is 4.51. The van der Waals surface area contributed by atoms with Crippen LogP contribution in [-0.2, 0) is 4.79 Å². The van der Waals surface area contributed by atoms with Crippen LogP contribution in [0.5, 0.6) is 0 Å². The summed E-state index contributed by atoms with van der Waals surface area (Å²) in [4.78, 5) is 28.0. The van der Waals surface area contributed by atoms with Crippen LogP contribution in [0.15, 0.2) is 42.2 Å². The van der Waals surface area contributed by atoms with Crippen molar-refractivity contribution in [3.63, 3.8) is 0 Å². The molecule has 0 radical (unpaired) electrons. The maximum atomic E-state index is 11.9. The SMILES string of the molecule is O=C1NC(=O)/C(=C/c2cnn3c(NCC4CC4)cc(Nc4cccc(Cl)c4)nc23)N1. The van der Waals surface area contributed by atoms with Crippen LogP contribution >= 0.6 is 11.6 Å². The fraction of sp³-hybridized carbons (Fsp3) is 0.200. The summed E-state index contributed by atoms with van der Waals surface area (Å²) < 4.78 is 1.69. The molecule has 3 aromatic rings. The van der Waals surface area contributed by atoms with E-state index >= 15 is 0 Å². The van der Waals surface area contributed by atoms with Crippen molar-refractivity contribution in [1.29, 1.82) is 0 Å². The first-order chi connectivity index (χ1) is 14.5. The summed E-state index contributed by atoms with van der Waals surface area (Å²) in [7, 11) is 0. The van der Waals surface area contributed by atoms with E-state index in [4.69, 9.17) is 11.6 Å². The van der Waals surface area contributed by atoms with Gasteiger partial charge in [0.15, 0.2) is 5.65 Å². The first kappa shape index (κ1) is 18.4. The van der Waals surface area contributed by atoms with Crippen LogP contribution in [0.2, 0.25) is 5.02 Å². The van der Waals surface area contributed by atoms with E-state index in [0.717, 1.165) is 18.1 Å². The average molecular weight is 424 g/mol. The number of rotatable bonds is 6. The first-order valence-electron chi connectivity index (χ1n) is 9.54. The smallest absolute Gasteiger partial charge is 0.326 e. The molecule has 0 atom stereocenters. The number of imide groups is 1. The first-order valence-corrected chi connectivity index (χ1v) is 9.92. The quantitative estimate of drug-likeness (QED) is 0.358. The van der Waals surface area contributed by atoms with Crippen molar-refractivity contribution < 1.29 is 9.59 Å². The lowest BCUT2D eigenvalue weighted by Gasteiger charge is -2.12. The second-order valence-electron chi connectivity index (χ2n) is 7.29. The maximum absolute atomic E-state index is 11.9. The predicted octanol–water partition coefficient (Wildman–Crippen LogP) is 3.13. The fourth-order valence-electron chi connectivity index (χ4n) is 3.19. The van der Waals surface area contributed by atoms with Gasteiger partial charge in [-0.05, 0) is 43.0 Å². The summed E-state index contributed by atoms with van der Waals surface area (Å²) in [6.45, 7) is 0.852. The molecule has 3 heterocycles. The molecule has 1 aliphatic carbocycles. The number of fused-ring (bicyclic) bond motifs is 1. The summed E-state index contributed by atoms with van der Waals surface area (Å²) in [6.07, 6.45) is 5.61. The standard InChI is InChI=1S/C20H18ClN7O2/c21-13-2-1-3-14(7-13)24-16-8-17(22-9-11-4-5-11)28-18(26-16)12(10-23-28)6-15-19(29)27-20(30)25-15/h1-3,6-8,10-11,22H,4-5,9H2,(H,24,26)(H2,25,27,29,30)/b15-6-. The third-order valence-electron chi connectivity index (χ3n) is 4.88. The highest BCUT2D eigenvalue weighted by atomic mass is 35.5. The van der Waals surface area contributed by atoms with Crippen LogP contribution in [0.25, 0.3) is 11.7 Å². The van der Waals surface area contributed by atoms with Gasteiger partial charge in [0, 0.05) is 28.9 Å². The molecule has 2 aliphatic rings. The molecule has 2 fully saturated rings. The van der Waals surface area contributed by atoms with Crippen molar-refractivity contribution in [3.8, 4) is 0 Å². The normalized spacial score (nSPS) is 17.3. The van der Waals surface area contributed by atoms with E-state index < -0.39 is 11.9 Å². The predicted molar refractivity (Wildman–Crippen MR) is 114 cm³/mol. The number of halogens is 1. The third kappa shape index (κ3) is 3.79. The number of hydrogen-bond donors (Lipinski definition) is 4. The number of nitrogens with one attached hydrogen (secondary N) is 4. The molecule has 0 bridgehead atoms. The number of aromatic nitrogens is 3. The molecule has 2 aromatic heterocycles. The highest BCUT2D eigenvalue weighted by Gasteiger charge is 2.24. The minimum Gasteiger partial charge on any atom is -0.370 e. The lowest BCUT2D eigenvalue weighted by molar-refractivity contribution is -0.115. The fourth-order valence-corrected chi connectivity index (χ4v) is 3.38. The third-order valence-corrected chi connectivity index (χ3v) is 5.12. The zero-order valence-electron chi connectivity index (χ0n) is 15.8. The molecule has 10 heteroatoms. The molecule has 0 spiro atoms. The highest BCUT2D eigenvalue weighted by Crippen LogP contribution is 2.30. The summed E-state index contributed by atoms with van der Waals surface area (Å²) in [5, 5.41) is 16.4. The van der Waals surface area contributed by atoms with Gasteiger partial charge >= 0.3 is 6.03 Å². The molecule has 3 amide bonds. The minimum atomic E-state index is -0.550. The van der Waals surface area contributed by atoms with Gasteiger partial charge in [0.05, 0.1) is 6.20 Å². The molecule has 1 saturated carbocycles. The van der Waals surface area contributed by atoms with E-state index in [1.165, 1.54) is 12.8 Å². The Morgan fingerprint density at radius 2 is 2.10 bits per heavy atom. The molecule has 5 rings (SSSR count). The number of hydrogen-bond acceptors (Lipinski definition) is 6. The Morgan fingerprint density at radius 1 is 1.23 bits per heavy atom. The topological polar surface area (TPSA) is 112 Å². The molecule has 9 nitrogen and oxygen atoms in total. The highest BCUT2D eigenvalue weighted by molar-refractivity contribution is 6.30. The number of urea groups is 1. The van der Waals surface area contributed by atoms with Crippen molar-refractivity contribution in [1.82, 2.24) is 25.2 Å². The number of benzene rings is 1. The maximum Gasteiger partial charge on any atom is 0.326 e. The Bertz CT molecular complexity index is 1200. The molecule has 30 heavy (non-hydrogen) atoms. The van der Waals surface area contributed by atoms with Gasteiger partial charge in [0.1, 0.15) is 17.3 Å². The molecule has 4 N–H and O–H groups in total. The van der Waals surface area contributed by atoms with E-state index in [1.807, 2.05) is 24.3 Å². The lowest BCUT2D eigenvalue weighted by atomic mass is 10.2.